The molecule has 32 heavy (non-hydrogen) atoms. The summed E-state index contributed by atoms with van der Waals surface area (Å²) in [5, 5.41) is 32.4. The highest BCUT2D eigenvalue weighted by molar-refractivity contribution is 8.00. The molecule has 0 heterocycles. The van der Waals surface area contributed by atoms with Gasteiger partial charge in [-0.15, -0.1) is 0 Å². The van der Waals surface area contributed by atoms with Crippen LogP contribution in [-0.2, 0) is 0 Å². The molecule has 2 saturated carbocycles. The number of hydrogen-bond acceptors (Lipinski definition) is 4. The first-order chi connectivity index (χ1) is 15.1. The van der Waals surface area contributed by atoms with Gasteiger partial charge in [-0.3, -0.25) is 0 Å². The van der Waals surface area contributed by atoms with Crippen molar-refractivity contribution in [1.82, 2.24) is 0 Å². The van der Waals surface area contributed by atoms with Crippen molar-refractivity contribution >= 4 is 11.8 Å². The molecular weight excluding hydrogens is 416 g/mol. The van der Waals surface area contributed by atoms with Crippen molar-refractivity contribution in [3.8, 4) is 0 Å². The predicted molar refractivity (Wildman–Crippen MR) is 135 cm³/mol. The van der Waals surface area contributed by atoms with E-state index in [9.17, 15) is 15.3 Å². The highest BCUT2D eigenvalue weighted by Gasteiger charge is 2.57. The molecule has 3 N–H and O–H groups in total. The van der Waals surface area contributed by atoms with Crippen LogP contribution in [0.25, 0.3) is 0 Å². The normalized spacial score (nSPS) is 39.9. The van der Waals surface area contributed by atoms with Crippen molar-refractivity contribution < 1.29 is 15.3 Å². The van der Waals surface area contributed by atoms with Crippen molar-refractivity contribution in [3.05, 3.63) is 34.9 Å². The van der Waals surface area contributed by atoms with E-state index in [1.807, 2.05) is 11.8 Å². The Morgan fingerprint density at radius 1 is 1.16 bits per heavy atom. The smallest absolute Gasteiger partial charge is 0.0661 e. The Morgan fingerprint density at radius 2 is 1.88 bits per heavy atom. The molecule has 0 aromatic rings. The van der Waals surface area contributed by atoms with Crippen LogP contribution in [0, 0.1) is 22.7 Å². The van der Waals surface area contributed by atoms with Crippen LogP contribution in [0.3, 0.4) is 0 Å². The minimum Gasteiger partial charge on any atom is -0.393 e. The summed E-state index contributed by atoms with van der Waals surface area (Å²) in [5.74, 6) is 1.92. The standard InChI is InChI=1S/C28H44O3S/c1-6-28(31,7-2)14-15-32-18(3)22-10-11-23-21-9-8-19-16-20(29)17-25(30)27(19,5)24(21)12-13-26(22,23)4/h8-10,18,20,23-25,29-31H,6-7,11-17H2,1-5H3/t18?,20-,23+,24+,25+,26-,27+/m1/s1. The average molecular weight is 461 g/mol. The lowest BCUT2D eigenvalue weighted by atomic mass is 9.50. The molecule has 2 fully saturated rings. The van der Waals surface area contributed by atoms with Crippen LogP contribution in [0.4, 0.5) is 0 Å². The molecule has 3 nitrogen and oxygen atoms in total. The van der Waals surface area contributed by atoms with Crippen LogP contribution in [0.15, 0.2) is 34.9 Å². The Kier molecular flexibility index (Phi) is 6.84. The highest BCUT2D eigenvalue weighted by Crippen LogP contribution is 2.64. The first-order valence-electron chi connectivity index (χ1n) is 12.9. The third-order valence-electron chi connectivity index (χ3n) is 9.98. The quantitative estimate of drug-likeness (QED) is 0.420. The van der Waals surface area contributed by atoms with Crippen molar-refractivity contribution in [1.29, 1.82) is 0 Å². The number of fused-ring (bicyclic) bond motifs is 5. The molecule has 4 rings (SSSR count). The van der Waals surface area contributed by atoms with E-state index in [1.165, 1.54) is 17.6 Å². The molecule has 0 bridgehead atoms. The fraction of sp³-hybridized carbons (Fsp3) is 0.786. The summed E-state index contributed by atoms with van der Waals surface area (Å²) in [6.07, 6.45) is 13.3. The summed E-state index contributed by atoms with van der Waals surface area (Å²) in [7, 11) is 0. The van der Waals surface area contributed by atoms with Gasteiger partial charge in [-0.25, -0.2) is 0 Å². The van der Waals surface area contributed by atoms with E-state index in [0.717, 1.165) is 37.9 Å². The fourth-order valence-corrected chi connectivity index (χ4v) is 8.81. The van der Waals surface area contributed by atoms with Crippen LogP contribution in [0.1, 0.15) is 86.0 Å². The minimum absolute atomic E-state index is 0.196. The summed E-state index contributed by atoms with van der Waals surface area (Å²) in [4.78, 5) is 0. The third kappa shape index (κ3) is 3.87. The van der Waals surface area contributed by atoms with E-state index < -0.39 is 17.8 Å². The van der Waals surface area contributed by atoms with Gasteiger partial charge in [-0.1, -0.05) is 62.6 Å². The average Bonchev–Trinajstić information content (AvgIpc) is 3.12. The van der Waals surface area contributed by atoms with Gasteiger partial charge in [0, 0.05) is 17.1 Å². The second-order valence-electron chi connectivity index (χ2n) is 11.4. The second kappa shape index (κ2) is 8.91. The molecule has 0 amide bonds. The molecule has 0 spiro atoms. The van der Waals surface area contributed by atoms with Crippen molar-refractivity contribution in [3.63, 3.8) is 0 Å². The van der Waals surface area contributed by atoms with Crippen LogP contribution >= 0.6 is 11.8 Å². The van der Waals surface area contributed by atoms with Gasteiger partial charge in [0.1, 0.15) is 0 Å². The van der Waals surface area contributed by atoms with E-state index in [2.05, 4.69) is 52.8 Å². The first-order valence-corrected chi connectivity index (χ1v) is 14.0. The van der Waals surface area contributed by atoms with Crippen LogP contribution in [0.2, 0.25) is 0 Å². The number of aliphatic hydroxyl groups is 3. The van der Waals surface area contributed by atoms with Crippen molar-refractivity contribution in [2.75, 3.05) is 5.75 Å². The summed E-state index contributed by atoms with van der Waals surface area (Å²) < 4.78 is 0. The van der Waals surface area contributed by atoms with Crippen LogP contribution in [-0.4, -0.2) is 44.1 Å². The Hall–Kier alpha value is -0.550. The summed E-state index contributed by atoms with van der Waals surface area (Å²) in [5.41, 5.74) is 3.84. The lowest BCUT2D eigenvalue weighted by molar-refractivity contribution is -0.0489. The topological polar surface area (TPSA) is 60.7 Å². The molecule has 0 aliphatic heterocycles. The fourth-order valence-electron chi connectivity index (χ4n) is 7.42. The van der Waals surface area contributed by atoms with Crippen molar-refractivity contribution in [2.24, 2.45) is 22.7 Å². The maximum atomic E-state index is 11.1. The molecule has 0 aromatic heterocycles. The number of rotatable bonds is 7. The largest absolute Gasteiger partial charge is 0.393 e. The Balaban J connectivity index is 1.50. The number of allylic oxidation sites excluding steroid dienone is 4. The molecule has 0 radical (unpaired) electrons. The van der Waals surface area contributed by atoms with Crippen LogP contribution < -0.4 is 0 Å². The first kappa shape index (κ1) is 24.6. The molecule has 7 atom stereocenters. The monoisotopic (exact) mass is 460 g/mol. The SMILES string of the molecule is CCC(O)(CC)CCSC(C)C1=CC[C@H]2C3=CC=C4C[C@@H](O)C[C@H](O)[C@]4(C)[C@H]3CC[C@]12C. The van der Waals surface area contributed by atoms with Crippen LogP contribution in [0.5, 0.6) is 0 Å². The second-order valence-corrected chi connectivity index (χ2v) is 12.9. The Bertz CT molecular complexity index is 809. The minimum atomic E-state index is -0.512. The lowest BCUT2D eigenvalue weighted by Gasteiger charge is -2.56. The summed E-state index contributed by atoms with van der Waals surface area (Å²) >= 11 is 2.01. The summed E-state index contributed by atoms with van der Waals surface area (Å²) in [6.45, 7) is 11.3. The Labute approximate surface area is 199 Å². The maximum absolute atomic E-state index is 11.1. The Morgan fingerprint density at radius 3 is 2.56 bits per heavy atom. The molecule has 0 saturated heterocycles. The van der Waals surface area contributed by atoms with Gasteiger partial charge in [0.2, 0.25) is 0 Å². The van der Waals surface area contributed by atoms with E-state index >= 15 is 0 Å². The zero-order valence-electron chi connectivity index (χ0n) is 20.7. The molecule has 1 unspecified atom stereocenters. The van der Waals surface area contributed by atoms with Gasteiger partial charge in [-0.2, -0.15) is 11.8 Å². The van der Waals surface area contributed by atoms with Crippen molar-refractivity contribution in [2.45, 2.75) is 109 Å². The zero-order chi connectivity index (χ0) is 23.3. The number of hydrogen-bond donors (Lipinski definition) is 3. The van der Waals surface area contributed by atoms with Gasteiger partial charge in [0.05, 0.1) is 17.8 Å². The van der Waals surface area contributed by atoms with Gasteiger partial charge in [-0.05, 0) is 74.9 Å². The van der Waals surface area contributed by atoms with Gasteiger partial charge < -0.3 is 15.3 Å². The maximum Gasteiger partial charge on any atom is 0.0661 e. The predicted octanol–water partition coefficient (Wildman–Crippen LogP) is 5.80. The van der Waals surface area contributed by atoms with E-state index in [1.54, 1.807) is 5.57 Å². The molecule has 180 valence electrons. The van der Waals surface area contributed by atoms with Gasteiger partial charge in [0.15, 0.2) is 0 Å². The molecular formula is C28H44O3S. The highest BCUT2D eigenvalue weighted by atomic mass is 32.2. The number of thioether (sulfide) groups is 1. The molecule has 4 aliphatic carbocycles. The summed E-state index contributed by atoms with van der Waals surface area (Å²) in [6, 6.07) is 0. The molecule has 4 aliphatic rings. The van der Waals surface area contributed by atoms with E-state index in [0.29, 0.717) is 29.9 Å². The van der Waals surface area contributed by atoms with E-state index in [4.69, 9.17) is 0 Å². The van der Waals surface area contributed by atoms with Gasteiger partial charge in [0.25, 0.3) is 0 Å². The van der Waals surface area contributed by atoms with E-state index in [-0.39, 0.29) is 10.8 Å². The zero-order valence-corrected chi connectivity index (χ0v) is 21.5. The van der Waals surface area contributed by atoms with Gasteiger partial charge >= 0.3 is 0 Å². The molecule has 0 aromatic carbocycles. The lowest BCUT2D eigenvalue weighted by Crippen LogP contribution is -2.52. The molecule has 4 heteroatoms. The number of aliphatic hydroxyl groups excluding tert-OH is 2. The third-order valence-corrected chi connectivity index (χ3v) is 11.2.